The zero-order valence-corrected chi connectivity index (χ0v) is 18.6. The van der Waals surface area contributed by atoms with Crippen LogP contribution in [0.3, 0.4) is 0 Å². The topological polar surface area (TPSA) is 94.2 Å². The highest BCUT2D eigenvalue weighted by Crippen LogP contribution is 2.37. The third-order valence-corrected chi connectivity index (χ3v) is 6.84. The van der Waals surface area contributed by atoms with Gasteiger partial charge in [0.2, 0.25) is 0 Å². The molecule has 33 heavy (non-hydrogen) atoms. The Balaban J connectivity index is 1.24. The van der Waals surface area contributed by atoms with Crippen LogP contribution in [0.15, 0.2) is 47.4 Å². The van der Waals surface area contributed by atoms with Crippen molar-refractivity contribution in [3.63, 3.8) is 0 Å². The molecule has 2 fully saturated rings. The molecule has 172 valence electrons. The van der Waals surface area contributed by atoms with Gasteiger partial charge in [0, 0.05) is 45.7 Å². The van der Waals surface area contributed by atoms with E-state index in [1.54, 1.807) is 43.6 Å². The predicted molar refractivity (Wildman–Crippen MR) is 124 cm³/mol. The number of para-hydroxylation sites is 1. The van der Waals surface area contributed by atoms with Gasteiger partial charge in [-0.2, -0.15) is 0 Å². The van der Waals surface area contributed by atoms with E-state index in [0.717, 1.165) is 31.6 Å². The van der Waals surface area contributed by atoms with Gasteiger partial charge in [0.1, 0.15) is 11.5 Å². The summed E-state index contributed by atoms with van der Waals surface area (Å²) in [5.41, 5.74) is -0.0421. The number of fused-ring (bicyclic) bond motifs is 1. The van der Waals surface area contributed by atoms with Crippen LogP contribution in [0, 0.1) is 0 Å². The highest BCUT2D eigenvalue weighted by Gasteiger charge is 2.44. The number of benzene rings is 1. The van der Waals surface area contributed by atoms with Crippen molar-refractivity contribution in [3.05, 3.63) is 64.5 Å². The van der Waals surface area contributed by atoms with E-state index in [-0.39, 0.29) is 29.9 Å². The van der Waals surface area contributed by atoms with Gasteiger partial charge in [-0.25, -0.2) is 14.4 Å². The first kappa shape index (κ1) is 21.5. The molecule has 0 radical (unpaired) electrons. The van der Waals surface area contributed by atoms with Gasteiger partial charge in [0.05, 0.1) is 22.8 Å². The summed E-state index contributed by atoms with van der Waals surface area (Å²) in [4.78, 5) is 39.9. The fourth-order valence-corrected chi connectivity index (χ4v) is 4.93. The van der Waals surface area contributed by atoms with Gasteiger partial charge in [-0.15, -0.1) is 0 Å². The van der Waals surface area contributed by atoms with E-state index >= 15 is 4.39 Å². The first-order valence-corrected chi connectivity index (χ1v) is 11.3. The Bertz CT molecular complexity index is 1220. The maximum atomic E-state index is 15.9. The number of pyridine rings is 1. The van der Waals surface area contributed by atoms with Gasteiger partial charge >= 0.3 is 0 Å². The maximum absolute atomic E-state index is 15.9. The molecule has 0 spiro atoms. The third-order valence-electron chi connectivity index (χ3n) is 6.84. The van der Waals surface area contributed by atoms with Gasteiger partial charge in [-0.3, -0.25) is 14.5 Å². The number of carbonyl (C=O) groups is 1. The fourth-order valence-electron chi connectivity index (χ4n) is 4.93. The summed E-state index contributed by atoms with van der Waals surface area (Å²) in [6.45, 7) is 2.56. The Morgan fingerprint density at radius 1 is 1.18 bits per heavy atom. The molecule has 2 N–H and O–H groups in total. The molecule has 1 amide bonds. The summed E-state index contributed by atoms with van der Waals surface area (Å²) >= 11 is 0. The SMILES string of the molecule is CNC(=O)c1ccc(N2CCC(N3CCC(F)(c4nc5ccccc5c(=O)[nH]4)C3)CC2)cn1. The zero-order chi connectivity index (χ0) is 23.0. The van der Waals surface area contributed by atoms with Crippen LogP contribution >= 0.6 is 0 Å². The number of alkyl halides is 1. The molecule has 0 bridgehead atoms. The number of hydrogen-bond donors (Lipinski definition) is 2. The molecule has 0 saturated carbocycles. The second kappa shape index (κ2) is 8.55. The lowest BCUT2D eigenvalue weighted by molar-refractivity contribution is 0.0958. The van der Waals surface area contributed by atoms with E-state index in [0.29, 0.717) is 29.6 Å². The molecular formula is C24H27FN6O2. The number of likely N-dealkylation sites (tertiary alicyclic amines) is 1. The number of hydrogen-bond acceptors (Lipinski definition) is 6. The van der Waals surface area contributed by atoms with Crippen molar-refractivity contribution in [2.45, 2.75) is 31.0 Å². The van der Waals surface area contributed by atoms with Gasteiger partial charge in [-0.1, -0.05) is 12.1 Å². The van der Waals surface area contributed by atoms with Gasteiger partial charge < -0.3 is 15.2 Å². The molecule has 4 heterocycles. The van der Waals surface area contributed by atoms with E-state index in [9.17, 15) is 9.59 Å². The number of piperidine rings is 1. The van der Waals surface area contributed by atoms with Crippen LogP contribution in [0.25, 0.3) is 10.9 Å². The van der Waals surface area contributed by atoms with Crippen LogP contribution in [-0.4, -0.2) is 65.0 Å². The lowest BCUT2D eigenvalue weighted by atomic mass is 10.0. The van der Waals surface area contributed by atoms with Crippen LogP contribution in [0.5, 0.6) is 0 Å². The zero-order valence-electron chi connectivity index (χ0n) is 18.6. The van der Waals surface area contributed by atoms with Crippen molar-refractivity contribution in [1.82, 2.24) is 25.2 Å². The van der Waals surface area contributed by atoms with Crippen LogP contribution < -0.4 is 15.8 Å². The van der Waals surface area contributed by atoms with E-state index < -0.39 is 5.67 Å². The summed E-state index contributed by atoms with van der Waals surface area (Å²) in [6.07, 6.45) is 3.87. The molecule has 2 saturated heterocycles. The molecule has 0 aliphatic carbocycles. The fraction of sp³-hybridized carbons (Fsp3) is 0.417. The Morgan fingerprint density at radius 2 is 1.97 bits per heavy atom. The average Bonchev–Trinajstić information content (AvgIpc) is 3.27. The average molecular weight is 451 g/mol. The van der Waals surface area contributed by atoms with E-state index in [4.69, 9.17) is 0 Å². The number of H-pyrrole nitrogens is 1. The van der Waals surface area contributed by atoms with Crippen molar-refractivity contribution in [3.8, 4) is 0 Å². The number of anilines is 1. The van der Waals surface area contributed by atoms with Crippen molar-refractivity contribution < 1.29 is 9.18 Å². The van der Waals surface area contributed by atoms with Gasteiger partial charge in [0.25, 0.3) is 11.5 Å². The first-order valence-electron chi connectivity index (χ1n) is 11.3. The highest BCUT2D eigenvalue weighted by atomic mass is 19.1. The van der Waals surface area contributed by atoms with Crippen LogP contribution in [0.2, 0.25) is 0 Å². The van der Waals surface area contributed by atoms with Gasteiger partial charge in [-0.05, 0) is 37.1 Å². The Kier molecular flexibility index (Phi) is 5.57. The van der Waals surface area contributed by atoms with Gasteiger partial charge in [0.15, 0.2) is 5.67 Å². The smallest absolute Gasteiger partial charge is 0.269 e. The van der Waals surface area contributed by atoms with Crippen LogP contribution in [0.1, 0.15) is 35.6 Å². The molecule has 2 aliphatic rings. The molecular weight excluding hydrogens is 423 g/mol. The largest absolute Gasteiger partial charge is 0.370 e. The number of aromatic nitrogens is 3. The minimum absolute atomic E-state index is 0.133. The molecule has 1 unspecified atom stereocenters. The number of nitrogens with one attached hydrogen (secondary N) is 2. The molecule has 1 aromatic carbocycles. The molecule has 3 aromatic rings. The second-order valence-corrected chi connectivity index (χ2v) is 8.82. The van der Waals surface area contributed by atoms with Crippen molar-refractivity contribution in [2.75, 3.05) is 38.1 Å². The quantitative estimate of drug-likeness (QED) is 0.633. The lowest BCUT2D eigenvalue weighted by Gasteiger charge is -2.38. The van der Waals surface area contributed by atoms with Crippen molar-refractivity contribution in [2.24, 2.45) is 0 Å². The minimum atomic E-state index is -1.65. The number of halogens is 1. The standard InChI is InChI=1S/C24H27FN6O2/c1-26-22(33)20-7-6-17(14-27-20)30-11-8-16(9-12-30)31-13-10-24(25,15-31)23-28-19-5-3-2-4-18(19)21(32)29-23/h2-7,14,16H,8-13,15H2,1H3,(H,26,33)(H,28,29,32). The molecule has 2 aromatic heterocycles. The third kappa shape index (κ3) is 4.08. The predicted octanol–water partition coefficient (Wildman–Crippen LogP) is 2.22. The summed E-state index contributed by atoms with van der Waals surface area (Å²) in [5.74, 6) is -0.0698. The number of rotatable bonds is 4. The Hall–Kier alpha value is -3.33. The van der Waals surface area contributed by atoms with Crippen molar-refractivity contribution in [1.29, 1.82) is 0 Å². The molecule has 5 rings (SSSR count). The molecule has 2 aliphatic heterocycles. The summed E-state index contributed by atoms with van der Waals surface area (Å²) < 4.78 is 15.9. The van der Waals surface area contributed by atoms with Crippen LogP contribution in [-0.2, 0) is 5.67 Å². The molecule has 1 atom stereocenters. The number of nitrogens with zero attached hydrogens (tertiary/aromatic N) is 4. The van der Waals surface area contributed by atoms with E-state index in [1.165, 1.54) is 0 Å². The number of aromatic amines is 1. The Labute approximate surface area is 190 Å². The number of carbonyl (C=O) groups excluding carboxylic acids is 1. The molecule has 8 nitrogen and oxygen atoms in total. The minimum Gasteiger partial charge on any atom is -0.370 e. The van der Waals surface area contributed by atoms with E-state index in [1.807, 2.05) is 6.07 Å². The van der Waals surface area contributed by atoms with Crippen LogP contribution in [0.4, 0.5) is 10.1 Å². The summed E-state index contributed by atoms with van der Waals surface area (Å²) in [5, 5.41) is 3.05. The summed E-state index contributed by atoms with van der Waals surface area (Å²) in [6, 6.07) is 11.0. The molecule has 9 heteroatoms. The monoisotopic (exact) mass is 450 g/mol. The lowest BCUT2D eigenvalue weighted by Crippen LogP contribution is -2.45. The maximum Gasteiger partial charge on any atom is 0.269 e. The first-order chi connectivity index (χ1) is 16.0. The normalized spacial score (nSPS) is 22.1. The highest BCUT2D eigenvalue weighted by molar-refractivity contribution is 5.92. The Morgan fingerprint density at radius 3 is 2.70 bits per heavy atom. The second-order valence-electron chi connectivity index (χ2n) is 8.82. The van der Waals surface area contributed by atoms with Crippen molar-refractivity contribution >= 4 is 22.5 Å². The number of amides is 1. The summed E-state index contributed by atoms with van der Waals surface area (Å²) in [7, 11) is 1.58. The van der Waals surface area contributed by atoms with E-state index in [2.05, 4.69) is 30.1 Å².